The Kier molecular flexibility index (Phi) is 3.52. The van der Waals surface area contributed by atoms with Crippen molar-refractivity contribution in [3.8, 4) is 0 Å². The zero-order chi connectivity index (χ0) is 16.0. The molecule has 1 aromatic rings. The topological polar surface area (TPSA) is 111 Å². The summed E-state index contributed by atoms with van der Waals surface area (Å²) in [5.74, 6) is -0.553. The Labute approximate surface area is 128 Å². The third-order valence-corrected chi connectivity index (χ3v) is 6.26. The van der Waals surface area contributed by atoms with Gasteiger partial charge in [-0.1, -0.05) is 18.5 Å². The second-order valence-electron chi connectivity index (χ2n) is 6.26. The monoisotopic (exact) mass is 329 g/mol. The fourth-order valence-electron chi connectivity index (χ4n) is 3.64. The number of esters is 1. The number of rotatable bonds is 5. The highest BCUT2D eigenvalue weighted by Gasteiger charge is 2.63. The minimum absolute atomic E-state index is 0.0897. The molecular formula is C13H19N3O5S. The van der Waals surface area contributed by atoms with Crippen LogP contribution in [0, 0.1) is 5.41 Å². The van der Waals surface area contributed by atoms with Crippen LogP contribution in [0.5, 0.6) is 0 Å². The summed E-state index contributed by atoms with van der Waals surface area (Å²) >= 11 is 0. The standard InChI is InChI=1S/C13H19N3O5S/c1-3-9-10(15-21-14-9)22(18,19)16-13(11(17)20-2)7-12(8-13)5-4-6-12/h16H,3-8H2,1-2H3. The molecule has 0 aromatic carbocycles. The summed E-state index contributed by atoms with van der Waals surface area (Å²) in [6, 6.07) is 0. The maximum Gasteiger partial charge on any atom is 0.327 e. The molecule has 1 aromatic heterocycles. The van der Waals surface area contributed by atoms with E-state index in [2.05, 4.69) is 19.7 Å². The Bertz CT molecular complexity index is 684. The predicted octanol–water partition coefficient (Wildman–Crippen LogP) is 0.786. The highest BCUT2D eigenvalue weighted by atomic mass is 32.2. The first kappa shape index (κ1) is 15.4. The number of sulfonamides is 1. The SMILES string of the molecule is CCc1nonc1S(=O)(=O)NC1(C(=O)OC)CC2(CCC2)C1. The number of ether oxygens (including phenoxy) is 1. The van der Waals surface area contributed by atoms with Gasteiger partial charge in [0.2, 0.25) is 5.03 Å². The summed E-state index contributed by atoms with van der Waals surface area (Å²) in [6.45, 7) is 1.75. The van der Waals surface area contributed by atoms with Crippen molar-refractivity contribution in [1.82, 2.24) is 15.0 Å². The first-order valence-electron chi connectivity index (χ1n) is 7.30. The molecule has 2 aliphatic carbocycles. The van der Waals surface area contributed by atoms with Gasteiger partial charge < -0.3 is 4.74 Å². The Morgan fingerprint density at radius 2 is 2.05 bits per heavy atom. The molecule has 0 atom stereocenters. The molecule has 0 bridgehead atoms. The number of carbonyl (C=O) groups excluding carboxylic acids is 1. The van der Waals surface area contributed by atoms with Gasteiger partial charge in [0, 0.05) is 0 Å². The van der Waals surface area contributed by atoms with Crippen LogP contribution in [-0.2, 0) is 26.0 Å². The average Bonchev–Trinajstić information content (AvgIpc) is 2.88. The predicted molar refractivity (Wildman–Crippen MR) is 74.3 cm³/mol. The Balaban J connectivity index is 1.86. The summed E-state index contributed by atoms with van der Waals surface area (Å²) < 4.78 is 36.9. The molecule has 0 radical (unpaired) electrons. The van der Waals surface area contributed by atoms with E-state index in [1.807, 2.05) is 0 Å². The first-order chi connectivity index (χ1) is 10.4. The van der Waals surface area contributed by atoms with E-state index in [1.165, 1.54) is 7.11 Å². The summed E-state index contributed by atoms with van der Waals surface area (Å²) in [5, 5.41) is 6.79. The molecule has 0 saturated heterocycles. The molecule has 2 saturated carbocycles. The first-order valence-corrected chi connectivity index (χ1v) is 8.79. The lowest BCUT2D eigenvalue weighted by molar-refractivity contribution is -0.163. The number of nitrogens with zero attached hydrogens (tertiary/aromatic N) is 2. The largest absolute Gasteiger partial charge is 0.468 e. The van der Waals surface area contributed by atoms with E-state index in [0.717, 1.165) is 19.3 Å². The van der Waals surface area contributed by atoms with Crippen LogP contribution in [0.15, 0.2) is 9.65 Å². The molecule has 0 amide bonds. The van der Waals surface area contributed by atoms with Gasteiger partial charge in [0.25, 0.3) is 10.0 Å². The smallest absolute Gasteiger partial charge is 0.327 e. The number of hydrogen-bond donors (Lipinski definition) is 1. The summed E-state index contributed by atoms with van der Waals surface area (Å²) in [7, 11) is -2.72. The zero-order valence-corrected chi connectivity index (χ0v) is 13.4. The van der Waals surface area contributed by atoms with E-state index in [9.17, 15) is 13.2 Å². The van der Waals surface area contributed by atoms with Crippen LogP contribution in [0.4, 0.5) is 0 Å². The average molecular weight is 329 g/mol. The van der Waals surface area contributed by atoms with Gasteiger partial charge >= 0.3 is 5.97 Å². The molecule has 2 aliphatic rings. The van der Waals surface area contributed by atoms with Crippen LogP contribution in [0.2, 0.25) is 0 Å². The normalized spacial score (nSPS) is 21.9. The lowest BCUT2D eigenvalue weighted by Gasteiger charge is -2.59. The van der Waals surface area contributed by atoms with Gasteiger partial charge in [-0.15, -0.1) is 0 Å². The van der Waals surface area contributed by atoms with Crippen LogP contribution >= 0.6 is 0 Å². The van der Waals surface area contributed by atoms with Crippen molar-refractivity contribution in [2.24, 2.45) is 5.41 Å². The van der Waals surface area contributed by atoms with Crippen molar-refractivity contribution in [3.05, 3.63) is 5.69 Å². The fourth-order valence-corrected chi connectivity index (χ4v) is 5.10. The molecule has 1 N–H and O–H groups in total. The second kappa shape index (κ2) is 5.02. The highest BCUT2D eigenvalue weighted by Crippen LogP contribution is 2.61. The van der Waals surface area contributed by atoms with Crippen LogP contribution in [-0.4, -0.2) is 37.3 Å². The van der Waals surface area contributed by atoms with E-state index < -0.39 is 21.5 Å². The molecule has 1 heterocycles. The molecule has 1 spiro atoms. The van der Waals surface area contributed by atoms with Gasteiger partial charge in [0.1, 0.15) is 11.2 Å². The minimum atomic E-state index is -3.99. The minimum Gasteiger partial charge on any atom is -0.468 e. The maximum absolute atomic E-state index is 12.5. The van der Waals surface area contributed by atoms with Gasteiger partial charge in [-0.05, 0) is 42.7 Å². The van der Waals surface area contributed by atoms with Crippen LogP contribution in [0.3, 0.4) is 0 Å². The van der Waals surface area contributed by atoms with Gasteiger partial charge in [-0.3, -0.25) is 4.79 Å². The molecule has 3 rings (SSSR count). The number of aryl methyl sites for hydroxylation is 1. The van der Waals surface area contributed by atoms with Crippen LogP contribution in [0.25, 0.3) is 0 Å². The molecule has 122 valence electrons. The fraction of sp³-hybridized carbons (Fsp3) is 0.769. The molecule has 0 aliphatic heterocycles. The molecule has 2 fully saturated rings. The van der Waals surface area contributed by atoms with E-state index in [4.69, 9.17) is 4.74 Å². The number of nitrogens with one attached hydrogen (secondary N) is 1. The van der Waals surface area contributed by atoms with E-state index in [-0.39, 0.29) is 16.1 Å². The maximum atomic E-state index is 12.5. The van der Waals surface area contributed by atoms with Gasteiger partial charge in [-0.2, -0.15) is 4.72 Å². The second-order valence-corrected chi connectivity index (χ2v) is 7.85. The third kappa shape index (κ3) is 2.23. The van der Waals surface area contributed by atoms with Crippen molar-refractivity contribution >= 4 is 16.0 Å². The van der Waals surface area contributed by atoms with Crippen LogP contribution < -0.4 is 4.72 Å². The van der Waals surface area contributed by atoms with Crippen molar-refractivity contribution < 1.29 is 22.6 Å². The molecular weight excluding hydrogens is 310 g/mol. The zero-order valence-electron chi connectivity index (χ0n) is 12.6. The number of aromatic nitrogens is 2. The Morgan fingerprint density at radius 1 is 1.36 bits per heavy atom. The molecule has 9 heteroatoms. The number of carbonyl (C=O) groups is 1. The quantitative estimate of drug-likeness (QED) is 0.795. The summed E-state index contributed by atoms with van der Waals surface area (Å²) in [5.41, 5.74) is -0.866. The highest BCUT2D eigenvalue weighted by molar-refractivity contribution is 7.89. The van der Waals surface area contributed by atoms with E-state index in [0.29, 0.717) is 19.3 Å². The molecule has 0 unspecified atom stereocenters. The molecule has 8 nitrogen and oxygen atoms in total. The van der Waals surface area contributed by atoms with E-state index in [1.54, 1.807) is 6.92 Å². The van der Waals surface area contributed by atoms with Gasteiger partial charge in [0.05, 0.1) is 7.11 Å². The van der Waals surface area contributed by atoms with Crippen LogP contribution in [0.1, 0.15) is 44.7 Å². The Morgan fingerprint density at radius 3 is 2.55 bits per heavy atom. The van der Waals surface area contributed by atoms with E-state index >= 15 is 0 Å². The van der Waals surface area contributed by atoms with Crippen molar-refractivity contribution in [2.75, 3.05) is 7.11 Å². The molecule has 22 heavy (non-hydrogen) atoms. The third-order valence-electron chi connectivity index (χ3n) is 4.78. The number of methoxy groups -OCH3 is 1. The summed E-state index contributed by atoms with van der Waals surface area (Å²) in [4.78, 5) is 12.1. The lowest BCUT2D eigenvalue weighted by atomic mass is 9.49. The number of hydrogen-bond acceptors (Lipinski definition) is 7. The van der Waals surface area contributed by atoms with Crippen molar-refractivity contribution in [1.29, 1.82) is 0 Å². The van der Waals surface area contributed by atoms with Crippen molar-refractivity contribution in [3.63, 3.8) is 0 Å². The lowest BCUT2D eigenvalue weighted by Crippen LogP contribution is -2.68. The summed E-state index contributed by atoms with van der Waals surface area (Å²) in [6.07, 6.45) is 4.49. The van der Waals surface area contributed by atoms with Crippen molar-refractivity contribution in [2.45, 2.75) is 56.0 Å². The van der Waals surface area contributed by atoms with Gasteiger partial charge in [-0.25, -0.2) is 13.0 Å². The van der Waals surface area contributed by atoms with Gasteiger partial charge in [0.15, 0.2) is 0 Å². The Hall–Kier alpha value is -1.48.